The molecule has 3 amide bonds. The Kier molecular flexibility index (Phi) is 6.58. The summed E-state index contributed by atoms with van der Waals surface area (Å²) in [7, 11) is 1.56. The Bertz CT molecular complexity index is 1650. The number of amides is 3. The molecule has 2 saturated carbocycles. The van der Waals surface area contributed by atoms with E-state index in [0.29, 0.717) is 23.8 Å². The lowest BCUT2D eigenvalue weighted by molar-refractivity contribution is -0.143. The number of hydrogen-bond donors (Lipinski definition) is 3. The van der Waals surface area contributed by atoms with Crippen LogP contribution in [0.15, 0.2) is 52.3 Å². The number of phenolic OH excluding ortho intramolecular Hbond substituents is 1. The van der Waals surface area contributed by atoms with Gasteiger partial charge in [-0.15, -0.1) is 11.8 Å². The summed E-state index contributed by atoms with van der Waals surface area (Å²) in [6.07, 6.45) is 0.743. The quantitative estimate of drug-likeness (QED) is 0.346. The van der Waals surface area contributed by atoms with Gasteiger partial charge >= 0.3 is 4.87 Å². The molecule has 7 atom stereocenters. The first-order valence-electron chi connectivity index (χ1n) is 13.9. The van der Waals surface area contributed by atoms with E-state index < -0.39 is 17.7 Å². The Morgan fingerprint density at radius 3 is 2.55 bits per heavy atom. The molecule has 42 heavy (non-hydrogen) atoms. The number of aromatic nitrogens is 1. The summed E-state index contributed by atoms with van der Waals surface area (Å²) in [5, 5.41) is 13.9. The van der Waals surface area contributed by atoms with Crippen LogP contribution in [0.2, 0.25) is 0 Å². The predicted molar refractivity (Wildman–Crippen MR) is 156 cm³/mol. The van der Waals surface area contributed by atoms with Crippen molar-refractivity contribution in [1.29, 1.82) is 0 Å². The Balaban J connectivity index is 1.18. The van der Waals surface area contributed by atoms with Gasteiger partial charge in [-0.2, -0.15) is 0 Å². The molecule has 2 aromatic carbocycles. The van der Waals surface area contributed by atoms with Crippen molar-refractivity contribution >= 4 is 46.5 Å². The van der Waals surface area contributed by atoms with E-state index in [1.165, 1.54) is 11.3 Å². The molecule has 12 heteroatoms. The summed E-state index contributed by atoms with van der Waals surface area (Å²) in [6.45, 7) is 1.90. The van der Waals surface area contributed by atoms with Gasteiger partial charge in [0.1, 0.15) is 12.3 Å². The molecule has 3 fully saturated rings. The van der Waals surface area contributed by atoms with Gasteiger partial charge < -0.3 is 24.9 Å². The maximum absolute atomic E-state index is 13.8. The summed E-state index contributed by atoms with van der Waals surface area (Å²) in [6, 6.07) is 12.1. The molecule has 218 valence electrons. The summed E-state index contributed by atoms with van der Waals surface area (Å²) < 4.78 is 10.8. The van der Waals surface area contributed by atoms with E-state index in [0.717, 1.165) is 26.8 Å². The second-order valence-electron chi connectivity index (χ2n) is 11.2. The minimum Gasteiger partial charge on any atom is -0.504 e. The lowest BCUT2D eigenvalue weighted by atomic mass is 9.68. The zero-order valence-corrected chi connectivity index (χ0v) is 24.5. The Morgan fingerprint density at radius 1 is 1.10 bits per heavy atom. The second kappa shape index (κ2) is 10.2. The maximum atomic E-state index is 13.8. The molecule has 3 heterocycles. The highest BCUT2D eigenvalue weighted by Gasteiger charge is 2.69. The SMILES string of the molecule is CCOc1cc(C2c3sc(=O)[nH]c3SC3C4CC(C5C(=O)N(CC(=O)Nc6ccc(OC)cc6)C(=O)C45)C23)ccc1O. The fourth-order valence-electron chi connectivity index (χ4n) is 7.62. The summed E-state index contributed by atoms with van der Waals surface area (Å²) in [5.74, 6) is -1.25. The fourth-order valence-corrected chi connectivity index (χ4v) is 10.5. The number of hydrogen-bond acceptors (Lipinski definition) is 9. The molecular weight excluding hydrogens is 578 g/mol. The van der Waals surface area contributed by atoms with E-state index in [9.17, 15) is 24.3 Å². The third kappa shape index (κ3) is 4.14. The number of thiazole rings is 1. The molecule has 10 nitrogen and oxygen atoms in total. The summed E-state index contributed by atoms with van der Waals surface area (Å²) in [4.78, 5) is 57.8. The molecule has 2 aliphatic carbocycles. The van der Waals surface area contributed by atoms with Gasteiger partial charge in [-0.1, -0.05) is 17.4 Å². The Labute approximate surface area is 249 Å². The number of ether oxygens (including phenoxy) is 2. The molecule has 1 aromatic heterocycles. The lowest BCUT2D eigenvalue weighted by Crippen LogP contribution is -2.42. The topological polar surface area (TPSA) is 138 Å². The van der Waals surface area contributed by atoms with Crippen LogP contribution in [0.25, 0.3) is 0 Å². The number of rotatable bonds is 7. The molecule has 7 unspecified atom stereocenters. The van der Waals surface area contributed by atoms with E-state index in [1.807, 2.05) is 19.1 Å². The number of anilines is 1. The number of aromatic hydroxyl groups is 1. The molecule has 2 bridgehead atoms. The number of nitrogens with zero attached hydrogens (tertiary/aromatic N) is 1. The first kappa shape index (κ1) is 27.1. The van der Waals surface area contributed by atoms with Crippen LogP contribution in [0.4, 0.5) is 5.69 Å². The third-order valence-corrected chi connectivity index (χ3v) is 11.7. The van der Waals surface area contributed by atoms with E-state index >= 15 is 0 Å². The van der Waals surface area contributed by atoms with Crippen LogP contribution in [0, 0.1) is 29.6 Å². The Morgan fingerprint density at radius 2 is 1.83 bits per heavy atom. The number of imide groups is 1. The minimum atomic E-state index is -0.499. The summed E-state index contributed by atoms with van der Waals surface area (Å²) in [5.41, 5.74) is 1.45. The number of aromatic amines is 1. The smallest absolute Gasteiger partial charge is 0.305 e. The predicted octanol–water partition coefficient (Wildman–Crippen LogP) is 3.66. The van der Waals surface area contributed by atoms with Gasteiger partial charge in [0.05, 0.1) is 30.6 Å². The van der Waals surface area contributed by atoms with Crippen molar-refractivity contribution in [2.45, 2.75) is 29.5 Å². The first-order chi connectivity index (χ1) is 20.3. The van der Waals surface area contributed by atoms with Crippen molar-refractivity contribution in [3.63, 3.8) is 0 Å². The van der Waals surface area contributed by atoms with Crippen LogP contribution in [0.3, 0.4) is 0 Å². The van der Waals surface area contributed by atoms with Crippen LogP contribution in [0.5, 0.6) is 17.2 Å². The number of H-pyrrole nitrogens is 1. The summed E-state index contributed by atoms with van der Waals surface area (Å²) >= 11 is 2.78. The molecule has 3 aromatic rings. The number of fused-ring (bicyclic) bond motifs is 9. The molecule has 0 radical (unpaired) electrons. The van der Waals surface area contributed by atoms with Gasteiger partial charge in [-0.25, -0.2) is 0 Å². The molecule has 7 rings (SSSR count). The fraction of sp³-hybridized carbons (Fsp3) is 0.400. The highest BCUT2D eigenvalue weighted by atomic mass is 32.2. The molecule has 1 saturated heterocycles. The average molecular weight is 608 g/mol. The number of methoxy groups -OCH3 is 1. The average Bonchev–Trinajstić information content (AvgIpc) is 3.71. The molecular formula is C30H29N3O7S2. The van der Waals surface area contributed by atoms with E-state index in [1.54, 1.807) is 49.2 Å². The molecule has 4 aliphatic rings. The minimum absolute atomic E-state index is 0.00375. The van der Waals surface area contributed by atoms with Gasteiger partial charge in [0.2, 0.25) is 17.7 Å². The molecule has 0 spiro atoms. The number of carbonyl (C=O) groups is 3. The number of thioether (sulfide) groups is 1. The number of likely N-dealkylation sites (tertiary alicyclic amines) is 1. The maximum Gasteiger partial charge on any atom is 0.305 e. The normalized spacial score (nSPS) is 28.8. The van der Waals surface area contributed by atoms with Crippen molar-refractivity contribution < 1.29 is 29.0 Å². The monoisotopic (exact) mass is 607 g/mol. The largest absolute Gasteiger partial charge is 0.504 e. The van der Waals surface area contributed by atoms with Gasteiger partial charge in [0.15, 0.2) is 11.5 Å². The van der Waals surface area contributed by atoms with Crippen molar-refractivity contribution in [3.05, 3.63) is 62.6 Å². The Hall–Kier alpha value is -3.77. The highest BCUT2D eigenvalue weighted by Crippen LogP contribution is 2.68. The molecule has 3 N–H and O–H groups in total. The number of carbonyl (C=O) groups excluding carboxylic acids is 3. The first-order valence-corrected chi connectivity index (χ1v) is 15.6. The van der Waals surface area contributed by atoms with E-state index in [2.05, 4.69) is 10.3 Å². The third-order valence-electron chi connectivity index (χ3n) is 9.13. The van der Waals surface area contributed by atoms with Crippen LogP contribution in [0.1, 0.15) is 29.7 Å². The van der Waals surface area contributed by atoms with Crippen molar-refractivity contribution in [1.82, 2.24) is 9.88 Å². The van der Waals surface area contributed by atoms with Crippen molar-refractivity contribution in [2.24, 2.45) is 29.6 Å². The van der Waals surface area contributed by atoms with E-state index in [4.69, 9.17) is 9.47 Å². The van der Waals surface area contributed by atoms with Crippen LogP contribution in [-0.4, -0.2) is 58.2 Å². The number of phenols is 1. The van der Waals surface area contributed by atoms with Gasteiger partial charge in [0, 0.05) is 21.7 Å². The zero-order chi connectivity index (χ0) is 29.3. The highest BCUT2D eigenvalue weighted by molar-refractivity contribution is 8.00. The molecule has 2 aliphatic heterocycles. The van der Waals surface area contributed by atoms with E-state index in [-0.39, 0.29) is 57.9 Å². The zero-order valence-electron chi connectivity index (χ0n) is 22.9. The lowest BCUT2D eigenvalue weighted by Gasteiger charge is -2.43. The van der Waals surface area contributed by atoms with Gasteiger partial charge in [-0.3, -0.25) is 24.1 Å². The van der Waals surface area contributed by atoms with Crippen LogP contribution < -0.4 is 19.7 Å². The number of nitrogens with one attached hydrogen (secondary N) is 2. The second-order valence-corrected chi connectivity index (χ2v) is 13.4. The number of benzene rings is 2. The van der Waals surface area contributed by atoms with Gasteiger partial charge in [-0.05, 0) is 73.1 Å². The van der Waals surface area contributed by atoms with Crippen molar-refractivity contribution in [3.8, 4) is 17.2 Å². The van der Waals surface area contributed by atoms with Crippen LogP contribution in [-0.2, 0) is 14.4 Å². The van der Waals surface area contributed by atoms with Crippen molar-refractivity contribution in [2.75, 3.05) is 25.6 Å². The van der Waals surface area contributed by atoms with Gasteiger partial charge in [0.25, 0.3) is 0 Å². The standard InChI is InChI=1S/C30H29N3O7S2/c1-3-40-19-10-13(4-9-18(19)34)21-22-16-11-17(25(22)41-27-26(21)42-30(38)32-27)24-23(16)28(36)33(29(24)37)12-20(35)31-14-5-7-15(39-2)8-6-14/h4-10,16-17,21-25,34H,3,11-12H2,1-2H3,(H,31,35)(H,32,38). The van der Waals surface area contributed by atoms with Crippen LogP contribution >= 0.6 is 23.1 Å².